The first-order valence-electron chi connectivity index (χ1n) is 7.73. The molecule has 136 valence electrons. The number of sulfone groups is 1. The van der Waals surface area contributed by atoms with Crippen molar-refractivity contribution < 1.29 is 17.9 Å². The van der Waals surface area contributed by atoms with E-state index in [4.69, 9.17) is 21.1 Å². The molecule has 2 aromatic carbocycles. The minimum absolute atomic E-state index is 0.0314. The summed E-state index contributed by atoms with van der Waals surface area (Å²) < 4.78 is 35.4. The fourth-order valence-corrected chi connectivity index (χ4v) is 3.85. The Balaban J connectivity index is 2.01. The van der Waals surface area contributed by atoms with Gasteiger partial charge in [0.05, 0.1) is 24.9 Å². The molecule has 0 saturated carbocycles. The molecule has 0 aliphatic carbocycles. The van der Waals surface area contributed by atoms with Gasteiger partial charge in [-0.2, -0.15) is 0 Å². The van der Waals surface area contributed by atoms with Gasteiger partial charge in [0, 0.05) is 29.7 Å². The van der Waals surface area contributed by atoms with E-state index in [-0.39, 0.29) is 10.6 Å². The molecular formula is C18H22ClNO4S. The summed E-state index contributed by atoms with van der Waals surface area (Å²) in [6.07, 6.45) is 0. The third kappa shape index (κ3) is 5.36. The SMILES string of the molecule is COc1ccc(CN(C)CCS(=O)(=O)c2ccc(Cl)cc2)c(OC)c1. The van der Waals surface area contributed by atoms with Crippen molar-refractivity contribution in [3.05, 3.63) is 53.1 Å². The summed E-state index contributed by atoms with van der Waals surface area (Å²) in [6.45, 7) is 0.976. The van der Waals surface area contributed by atoms with Crippen LogP contribution in [0.4, 0.5) is 0 Å². The quantitative estimate of drug-likeness (QED) is 0.700. The third-order valence-electron chi connectivity index (χ3n) is 3.85. The first-order chi connectivity index (χ1) is 11.9. The van der Waals surface area contributed by atoms with Crippen molar-refractivity contribution >= 4 is 21.4 Å². The molecule has 0 amide bonds. The van der Waals surface area contributed by atoms with Gasteiger partial charge in [-0.1, -0.05) is 17.7 Å². The predicted molar refractivity (Wildman–Crippen MR) is 99.4 cm³/mol. The zero-order valence-electron chi connectivity index (χ0n) is 14.5. The molecule has 0 unspecified atom stereocenters. The predicted octanol–water partition coefficient (Wildman–Crippen LogP) is 3.26. The normalized spacial score (nSPS) is 11.6. The molecule has 2 aromatic rings. The van der Waals surface area contributed by atoms with Crippen molar-refractivity contribution in [1.29, 1.82) is 0 Å². The fraction of sp³-hybridized carbons (Fsp3) is 0.333. The van der Waals surface area contributed by atoms with E-state index in [2.05, 4.69) is 0 Å². The second kappa shape index (κ2) is 8.56. The van der Waals surface area contributed by atoms with E-state index in [9.17, 15) is 8.42 Å². The van der Waals surface area contributed by atoms with Crippen molar-refractivity contribution in [2.75, 3.05) is 33.6 Å². The van der Waals surface area contributed by atoms with Gasteiger partial charge in [0.15, 0.2) is 9.84 Å². The molecule has 2 rings (SSSR count). The smallest absolute Gasteiger partial charge is 0.179 e. The number of hydrogen-bond donors (Lipinski definition) is 0. The van der Waals surface area contributed by atoms with Gasteiger partial charge in [0.2, 0.25) is 0 Å². The van der Waals surface area contributed by atoms with E-state index in [0.717, 1.165) is 5.56 Å². The first-order valence-corrected chi connectivity index (χ1v) is 9.76. The van der Waals surface area contributed by atoms with Crippen LogP contribution in [0.25, 0.3) is 0 Å². The highest BCUT2D eigenvalue weighted by atomic mass is 35.5. The van der Waals surface area contributed by atoms with Crippen molar-refractivity contribution in [2.24, 2.45) is 0 Å². The Morgan fingerprint density at radius 1 is 1.04 bits per heavy atom. The van der Waals surface area contributed by atoms with Crippen molar-refractivity contribution in [2.45, 2.75) is 11.4 Å². The average molecular weight is 384 g/mol. The standard InChI is InChI=1S/C18H22ClNO4S/c1-20(13-14-4-7-16(23-2)12-18(14)24-3)10-11-25(21,22)17-8-5-15(19)6-9-17/h4-9,12H,10-11,13H2,1-3H3. The highest BCUT2D eigenvalue weighted by Crippen LogP contribution is 2.25. The number of ether oxygens (including phenoxy) is 2. The van der Waals surface area contributed by atoms with Gasteiger partial charge in [-0.05, 0) is 37.4 Å². The van der Waals surface area contributed by atoms with Gasteiger partial charge in [-0.3, -0.25) is 0 Å². The van der Waals surface area contributed by atoms with E-state index < -0.39 is 9.84 Å². The zero-order chi connectivity index (χ0) is 18.4. The molecule has 0 radical (unpaired) electrons. The Labute approximate surface area is 154 Å². The van der Waals surface area contributed by atoms with Crippen LogP contribution in [0.3, 0.4) is 0 Å². The van der Waals surface area contributed by atoms with Crippen LogP contribution in [0.15, 0.2) is 47.4 Å². The number of rotatable bonds is 8. The Hall–Kier alpha value is -1.76. The average Bonchev–Trinajstić information content (AvgIpc) is 2.61. The van der Waals surface area contributed by atoms with E-state index in [0.29, 0.717) is 29.6 Å². The molecule has 0 fully saturated rings. The number of methoxy groups -OCH3 is 2. The van der Waals surface area contributed by atoms with Crippen LogP contribution in [-0.4, -0.2) is 46.9 Å². The molecule has 0 bridgehead atoms. The van der Waals surface area contributed by atoms with Gasteiger partial charge < -0.3 is 14.4 Å². The number of nitrogens with zero attached hydrogens (tertiary/aromatic N) is 1. The second-order valence-electron chi connectivity index (χ2n) is 5.69. The van der Waals surface area contributed by atoms with E-state index >= 15 is 0 Å². The van der Waals surface area contributed by atoms with Gasteiger partial charge in [0.25, 0.3) is 0 Å². The summed E-state index contributed by atoms with van der Waals surface area (Å²) in [6, 6.07) is 11.8. The molecule has 0 atom stereocenters. The lowest BCUT2D eigenvalue weighted by Crippen LogP contribution is -2.25. The maximum absolute atomic E-state index is 12.4. The summed E-state index contributed by atoms with van der Waals surface area (Å²) in [5, 5.41) is 0.516. The minimum Gasteiger partial charge on any atom is -0.497 e. The summed E-state index contributed by atoms with van der Waals surface area (Å²) in [5.41, 5.74) is 0.967. The van der Waals surface area contributed by atoms with E-state index in [1.807, 2.05) is 30.1 Å². The largest absolute Gasteiger partial charge is 0.497 e. The fourth-order valence-electron chi connectivity index (χ4n) is 2.39. The topological polar surface area (TPSA) is 55.8 Å². The lowest BCUT2D eigenvalue weighted by atomic mass is 10.2. The molecule has 0 aromatic heterocycles. The Kier molecular flexibility index (Phi) is 6.70. The first kappa shape index (κ1) is 19.6. The van der Waals surface area contributed by atoms with Crippen LogP contribution in [0.5, 0.6) is 11.5 Å². The summed E-state index contributed by atoms with van der Waals surface area (Å²) in [5.74, 6) is 1.46. The summed E-state index contributed by atoms with van der Waals surface area (Å²) in [4.78, 5) is 2.23. The van der Waals surface area contributed by atoms with E-state index in [1.54, 1.807) is 26.4 Å². The summed E-state index contributed by atoms with van der Waals surface area (Å²) >= 11 is 5.81. The zero-order valence-corrected chi connectivity index (χ0v) is 16.1. The minimum atomic E-state index is -3.34. The molecule has 5 nitrogen and oxygen atoms in total. The van der Waals surface area contributed by atoms with Gasteiger partial charge in [-0.15, -0.1) is 0 Å². The molecule has 0 heterocycles. The van der Waals surface area contributed by atoms with Crippen LogP contribution in [0.2, 0.25) is 5.02 Å². The van der Waals surface area contributed by atoms with Crippen molar-refractivity contribution in [1.82, 2.24) is 4.90 Å². The maximum Gasteiger partial charge on any atom is 0.179 e. The third-order valence-corrected chi connectivity index (χ3v) is 5.81. The van der Waals surface area contributed by atoms with Gasteiger partial charge in [0.1, 0.15) is 11.5 Å². The van der Waals surface area contributed by atoms with Crippen LogP contribution in [0, 0.1) is 0 Å². The lowest BCUT2D eigenvalue weighted by Gasteiger charge is -2.19. The van der Waals surface area contributed by atoms with E-state index in [1.165, 1.54) is 12.1 Å². The monoisotopic (exact) mass is 383 g/mol. The molecule has 0 N–H and O–H groups in total. The highest BCUT2D eigenvalue weighted by molar-refractivity contribution is 7.91. The van der Waals surface area contributed by atoms with Gasteiger partial charge >= 0.3 is 0 Å². The molecular weight excluding hydrogens is 362 g/mol. The second-order valence-corrected chi connectivity index (χ2v) is 8.23. The number of hydrogen-bond acceptors (Lipinski definition) is 5. The maximum atomic E-state index is 12.4. The van der Waals surface area contributed by atoms with Crippen LogP contribution in [-0.2, 0) is 16.4 Å². The lowest BCUT2D eigenvalue weighted by molar-refractivity contribution is 0.332. The van der Waals surface area contributed by atoms with Crippen molar-refractivity contribution in [3.63, 3.8) is 0 Å². The molecule has 0 aliphatic heterocycles. The highest BCUT2D eigenvalue weighted by Gasteiger charge is 2.16. The molecule has 0 saturated heterocycles. The van der Waals surface area contributed by atoms with Crippen LogP contribution in [0.1, 0.15) is 5.56 Å². The number of benzene rings is 2. The Bertz CT molecular complexity index is 806. The van der Waals surface area contributed by atoms with Gasteiger partial charge in [-0.25, -0.2) is 8.42 Å². The Morgan fingerprint density at radius 2 is 1.72 bits per heavy atom. The molecule has 0 spiro atoms. The summed E-state index contributed by atoms with van der Waals surface area (Å²) in [7, 11) is 1.73. The number of halogens is 1. The van der Waals surface area contributed by atoms with Crippen LogP contribution >= 0.6 is 11.6 Å². The van der Waals surface area contributed by atoms with Crippen molar-refractivity contribution in [3.8, 4) is 11.5 Å². The molecule has 25 heavy (non-hydrogen) atoms. The van der Waals surface area contributed by atoms with Crippen LogP contribution < -0.4 is 9.47 Å². The molecule has 0 aliphatic rings. The molecule has 7 heteroatoms. The Morgan fingerprint density at radius 3 is 2.32 bits per heavy atom.